The van der Waals surface area contributed by atoms with Gasteiger partial charge in [0.2, 0.25) is 0 Å². The summed E-state index contributed by atoms with van der Waals surface area (Å²) in [4.78, 5) is 4.68. The van der Waals surface area contributed by atoms with Gasteiger partial charge in [-0.05, 0) is 37.0 Å². The fourth-order valence-electron chi connectivity index (χ4n) is 2.58. The molecule has 21 heavy (non-hydrogen) atoms. The molecule has 5 heteroatoms. The number of alkyl halides is 1. The third kappa shape index (κ3) is 4.54. The molecule has 0 radical (unpaired) electrons. The Balaban J connectivity index is 2.07. The van der Waals surface area contributed by atoms with E-state index in [9.17, 15) is 0 Å². The summed E-state index contributed by atoms with van der Waals surface area (Å²) in [5.74, 6) is 2.91. The standard InChI is InChI=1S/C16H22Cl2N2S/c1-21-12-5-3-2-4-11-20-15(9-10-17)19-14-8-6-7-13(18)16(14)20/h6-8H,2-5,9-12H2,1H3. The van der Waals surface area contributed by atoms with Gasteiger partial charge in [0.25, 0.3) is 0 Å². The van der Waals surface area contributed by atoms with Crippen molar-refractivity contribution < 1.29 is 0 Å². The SMILES string of the molecule is CSCCCCCCn1c(CCCl)nc2cccc(Cl)c21. The Morgan fingerprint density at radius 2 is 2.00 bits per heavy atom. The molecule has 2 aromatic rings. The maximum absolute atomic E-state index is 6.36. The summed E-state index contributed by atoms with van der Waals surface area (Å²) < 4.78 is 2.26. The molecule has 0 fully saturated rings. The van der Waals surface area contributed by atoms with Gasteiger partial charge in [0, 0.05) is 18.8 Å². The molecule has 0 saturated heterocycles. The van der Waals surface area contributed by atoms with E-state index >= 15 is 0 Å². The largest absolute Gasteiger partial charge is 0.327 e. The monoisotopic (exact) mass is 344 g/mol. The topological polar surface area (TPSA) is 17.8 Å². The average molecular weight is 345 g/mol. The minimum atomic E-state index is 0.592. The van der Waals surface area contributed by atoms with Crippen LogP contribution >= 0.6 is 35.0 Å². The molecule has 0 atom stereocenters. The van der Waals surface area contributed by atoms with Crippen LogP contribution in [0.3, 0.4) is 0 Å². The van der Waals surface area contributed by atoms with Gasteiger partial charge in [-0.1, -0.05) is 30.5 Å². The van der Waals surface area contributed by atoms with E-state index < -0.39 is 0 Å². The molecule has 2 rings (SSSR count). The van der Waals surface area contributed by atoms with E-state index in [1.54, 1.807) is 0 Å². The summed E-state index contributed by atoms with van der Waals surface area (Å²) in [7, 11) is 0. The quantitative estimate of drug-likeness (QED) is 0.448. The van der Waals surface area contributed by atoms with Crippen LogP contribution in [0.5, 0.6) is 0 Å². The van der Waals surface area contributed by atoms with Gasteiger partial charge >= 0.3 is 0 Å². The third-order valence-corrected chi connectivity index (χ3v) is 4.79. The number of rotatable bonds is 9. The zero-order valence-electron chi connectivity index (χ0n) is 12.4. The van der Waals surface area contributed by atoms with E-state index in [-0.39, 0.29) is 0 Å². The van der Waals surface area contributed by atoms with Crippen molar-refractivity contribution in [3.63, 3.8) is 0 Å². The first-order valence-electron chi connectivity index (χ1n) is 7.46. The van der Waals surface area contributed by atoms with Crippen molar-refractivity contribution >= 4 is 46.0 Å². The number of nitrogens with zero attached hydrogens (tertiary/aromatic N) is 2. The second-order valence-electron chi connectivity index (χ2n) is 5.13. The highest BCUT2D eigenvalue weighted by Crippen LogP contribution is 2.25. The van der Waals surface area contributed by atoms with Gasteiger partial charge in [0.15, 0.2) is 0 Å². The molecule has 2 nitrogen and oxygen atoms in total. The molecule has 0 amide bonds. The molecule has 1 aromatic carbocycles. The number of benzene rings is 1. The lowest BCUT2D eigenvalue weighted by molar-refractivity contribution is 0.578. The highest BCUT2D eigenvalue weighted by Gasteiger charge is 2.12. The van der Waals surface area contributed by atoms with Crippen LogP contribution in [0.4, 0.5) is 0 Å². The summed E-state index contributed by atoms with van der Waals surface area (Å²) in [5, 5.41) is 0.781. The van der Waals surface area contributed by atoms with Crippen LogP contribution in [0.2, 0.25) is 5.02 Å². The molecule has 1 aromatic heterocycles. The summed E-state index contributed by atoms with van der Waals surface area (Å²) in [5.41, 5.74) is 2.04. The molecule has 116 valence electrons. The average Bonchev–Trinajstić information content (AvgIpc) is 2.82. The number of aryl methyl sites for hydroxylation is 2. The summed E-state index contributed by atoms with van der Waals surface area (Å²) in [6.07, 6.45) is 7.98. The first-order valence-corrected chi connectivity index (χ1v) is 9.77. The second kappa shape index (κ2) is 8.92. The normalized spacial score (nSPS) is 11.4. The van der Waals surface area contributed by atoms with Crippen LogP contribution in [0.15, 0.2) is 18.2 Å². The smallest absolute Gasteiger partial charge is 0.111 e. The van der Waals surface area contributed by atoms with Crippen LogP contribution in [0, 0.1) is 0 Å². The molecule has 1 heterocycles. The van der Waals surface area contributed by atoms with Gasteiger partial charge in [0.1, 0.15) is 5.82 Å². The number of halogens is 2. The number of aromatic nitrogens is 2. The van der Waals surface area contributed by atoms with E-state index in [4.69, 9.17) is 23.2 Å². The molecule has 0 aliphatic rings. The number of hydrogen-bond acceptors (Lipinski definition) is 2. The maximum atomic E-state index is 6.36. The van der Waals surface area contributed by atoms with Gasteiger partial charge in [-0.2, -0.15) is 11.8 Å². The Morgan fingerprint density at radius 1 is 1.19 bits per heavy atom. The number of para-hydroxylation sites is 1. The van der Waals surface area contributed by atoms with Crippen LogP contribution in [0.1, 0.15) is 31.5 Å². The molecule has 0 aliphatic heterocycles. The van der Waals surface area contributed by atoms with E-state index in [1.807, 2.05) is 30.0 Å². The Hall–Kier alpha value is -0.380. The minimum Gasteiger partial charge on any atom is -0.327 e. The van der Waals surface area contributed by atoms with E-state index in [0.29, 0.717) is 5.88 Å². The fraction of sp³-hybridized carbons (Fsp3) is 0.562. The molecule has 0 saturated carbocycles. The molecule has 0 bridgehead atoms. The number of unbranched alkanes of at least 4 members (excludes halogenated alkanes) is 3. The van der Waals surface area contributed by atoms with Crippen molar-refractivity contribution in [1.82, 2.24) is 9.55 Å². The second-order valence-corrected chi connectivity index (χ2v) is 6.90. The zero-order valence-corrected chi connectivity index (χ0v) is 14.8. The first-order chi connectivity index (χ1) is 10.3. The van der Waals surface area contributed by atoms with Crippen LogP contribution in [-0.4, -0.2) is 27.4 Å². The predicted octanol–water partition coefficient (Wildman–Crippen LogP) is 5.39. The third-order valence-electron chi connectivity index (χ3n) is 3.59. The maximum Gasteiger partial charge on any atom is 0.111 e. The van der Waals surface area contributed by atoms with Gasteiger partial charge in [-0.3, -0.25) is 0 Å². The lowest BCUT2D eigenvalue weighted by Gasteiger charge is -2.09. The van der Waals surface area contributed by atoms with Crippen molar-refractivity contribution in [1.29, 1.82) is 0 Å². The molecule has 0 unspecified atom stereocenters. The van der Waals surface area contributed by atoms with E-state index in [0.717, 1.165) is 34.8 Å². The Bertz CT molecular complexity index is 569. The predicted molar refractivity (Wildman–Crippen MR) is 96.0 cm³/mol. The minimum absolute atomic E-state index is 0.592. The van der Waals surface area contributed by atoms with Crippen LogP contribution in [0.25, 0.3) is 11.0 Å². The van der Waals surface area contributed by atoms with Crippen LogP contribution < -0.4 is 0 Å². The Kier molecular flexibility index (Phi) is 7.21. The van der Waals surface area contributed by atoms with Crippen molar-refractivity contribution in [3.8, 4) is 0 Å². The number of imidazole rings is 1. The number of thioether (sulfide) groups is 1. The molecule has 0 N–H and O–H groups in total. The van der Waals surface area contributed by atoms with Crippen molar-refractivity contribution in [2.24, 2.45) is 0 Å². The summed E-state index contributed by atoms with van der Waals surface area (Å²) >= 11 is 14.2. The first kappa shape index (κ1) is 17.0. The van der Waals surface area contributed by atoms with E-state index in [2.05, 4.69) is 15.8 Å². The van der Waals surface area contributed by atoms with E-state index in [1.165, 1.54) is 31.4 Å². The van der Waals surface area contributed by atoms with Gasteiger partial charge < -0.3 is 4.57 Å². The number of hydrogen-bond donors (Lipinski definition) is 0. The lowest BCUT2D eigenvalue weighted by atomic mass is 10.2. The van der Waals surface area contributed by atoms with Crippen LogP contribution in [-0.2, 0) is 13.0 Å². The van der Waals surface area contributed by atoms with Crippen molar-refractivity contribution in [2.75, 3.05) is 17.9 Å². The van der Waals surface area contributed by atoms with Crippen molar-refractivity contribution in [3.05, 3.63) is 29.0 Å². The Morgan fingerprint density at radius 3 is 2.76 bits per heavy atom. The molecular weight excluding hydrogens is 323 g/mol. The number of fused-ring (bicyclic) bond motifs is 1. The molecular formula is C16H22Cl2N2S. The van der Waals surface area contributed by atoms with Crippen molar-refractivity contribution in [2.45, 2.75) is 38.6 Å². The zero-order chi connectivity index (χ0) is 15.1. The molecule has 0 spiro atoms. The highest BCUT2D eigenvalue weighted by atomic mass is 35.5. The molecule has 0 aliphatic carbocycles. The summed E-state index contributed by atoms with van der Waals surface area (Å²) in [6, 6.07) is 5.91. The lowest BCUT2D eigenvalue weighted by Crippen LogP contribution is -2.05. The van der Waals surface area contributed by atoms with Gasteiger partial charge in [-0.15, -0.1) is 11.6 Å². The van der Waals surface area contributed by atoms with Gasteiger partial charge in [-0.25, -0.2) is 4.98 Å². The van der Waals surface area contributed by atoms with Gasteiger partial charge in [0.05, 0.1) is 16.1 Å². The fourth-order valence-corrected chi connectivity index (χ4v) is 3.51. The summed E-state index contributed by atoms with van der Waals surface area (Å²) in [6.45, 7) is 0.978. The Labute approximate surface area is 141 Å². The highest BCUT2D eigenvalue weighted by molar-refractivity contribution is 7.98.